The second-order valence-corrected chi connectivity index (χ2v) is 8.85. The Balaban J connectivity index is 1.47. The number of rotatable bonds is 6. The number of amides is 1. The Bertz CT molecular complexity index is 735. The summed E-state index contributed by atoms with van der Waals surface area (Å²) in [6, 6.07) is 8.08. The lowest BCUT2D eigenvalue weighted by atomic mass is 10.0. The maximum absolute atomic E-state index is 12.3. The van der Waals surface area contributed by atoms with Gasteiger partial charge in [-0.15, -0.1) is 0 Å². The number of nitrogens with one attached hydrogen (secondary N) is 2. The Labute approximate surface area is 159 Å². The molecule has 3 rings (SSSR count). The standard InChI is InChI=1S/C18H27N3O5S/c1-13(22)21-9-7-14(8-10-21)20-16-12-26-17(18(16)23)11-19-27(24,25)15-5-3-2-4-6-15/h2-6,14,16-20,23H,7-12H2,1H3. The molecule has 3 N–H and O–H groups in total. The van der Waals surface area contributed by atoms with Crippen LogP contribution in [0.15, 0.2) is 35.2 Å². The lowest BCUT2D eigenvalue weighted by Gasteiger charge is -2.33. The summed E-state index contributed by atoms with van der Waals surface area (Å²) < 4.78 is 32.7. The van der Waals surface area contributed by atoms with Crippen LogP contribution in [-0.2, 0) is 19.6 Å². The highest BCUT2D eigenvalue weighted by molar-refractivity contribution is 7.89. The van der Waals surface area contributed by atoms with Gasteiger partial charge in [0.15, 0.2) is 0 Å². The molecule has 0 aliphatic carbocycles. The van der Waals surface area contributed by atoms with Gasteiger partial charge in [-0.3, -0.25) is 4.79 Å². The molecular weight excluding hydrogens is 370 g/mol. The van der Waals surface area contributed by atoms with Crippen LogP contribution in [0.1, 0.15) is 19.8 Å². The van der Waals surface area contributed by atoms with Gasteiger partial charge < -0.3 is 20.1 Å². The van der Waals surface area contributed by atoms with Crippen LogP contribution in [0.2, 0.25) is 0 Å². The van der Waals surface area contributed by atoms with Crippen molar-refractivity contribution in [3.63, 3.8) is 0 Å². The number of piperidine rings is 1. The van der Waals surface area contributed by atoms with E-state index in [4.69, 9.17) is 4.74 Å². The number of hydrogen-bond acceptors (Lipinski definition) is 6. The lowest BCUT2D eigenvalue weighted by molar-refractivity contribution is -0.129. The number of aliphatic hydroxyl groups is 1. The first kappa shape index (κ1) is 20.2. The van der Waals surface area contributed by atoms with Gasteiger partial charge in [-0.05, 0) is 25.0 Å². The van der Waals surface area contributed by atoms with E-state index in [9.17, 15) is 18.3 Å². The van der Waals surface area contributed by atoms with E-state index in [1.807, 2.05) is 4.90 Å². The van der Waals surface area contributed by atoms with E-state index in [1.54, 1.807) is 25.1 Å². The van der Waals surface area contributed by atoms with E-state index in [0.717, 1.165) is 12.8 Å². The van der Waals surface area contributed by atoms with Crippen molar-refractivity contribution in [1.82, 2.24) is 14.9 Å². The molecule has 1 amide bonds. The molecule has 27 heavy (non-hydrogen) atoms. The Kier molecular flexibility index (Phi) is 6.48. The first-order valence-corrected chi connectivity index (χ1v) is 10.7. The minimum atomic E-state index is -3.63. The molecule has 2 heterocycles. The fourth-order valence-corrected chi connectivity index (χ4v) is 4.61. The molecule has 3 atom stereocenters. The topological polar surface area (TPSA) is 108 Å². The molecule has 9 heteroatoms. The quantitative estimate of drug-likeness (QED) is 0.608. The minimum Gasteiger partial charge on any atom is -0.389 e. The molecule has 0 saturated carbocycles. The second-order valence-electron chi connectivity index (χ2n) is 7.08. The molecule has 2 fully saturated rings. The van der Waals surface area contributed by atoms with Crippen LogP contribution in [0, 0.1) is 0 Å². The molecule has 2 aliphatic heterocycles. The number of ether oxygens (including phenoxy) is 1. The monoisotopic (exact) mass is 397 g/mol. The van der Waals surface area contributed by atoms with Crippen molar-refractivity contribution in [3.8, 4) is 0 Å². The number of sulfonamides is 1. The summed E-state index contributed by atoms with van der Waals surface area (Å²) in [7, 11) is -3.63. The number of carbonyl (C=O) groups is 1. The van der Waals surface area contributed by atoms with Crippen LogP contribution in [0.3, 0.4) is 0 Å². The van der Waals surface area contributed by atoms with Crippen LogP contribution in [0.25, 0.3) is 0 Å². The van der Waals surface area contributed by atoms with Crippen LogP contribution in [0.4, 0.5) is 0 Å². The summed E-state index contributed by atoms with van der Waals surface area (Å²) in [6.07, 6.45) is 0.259. The fourth-order valence-electron chi connectivity index (χ4n) is 3.55. The van der Waals surface area contributed by atoms with Crippen LogP contribution in [0.5, 0.6) is 0 Å². The first-order chi connectivity index (χ1) is 12.9. The maximum Gasteiger partial charge on any atom is 0.240 e. The highest BCUT2D eigenvalue weighted by Crippen LogP contribution is 2.18. The molecule has 0 radical (unpaired) electrons. The van der Waals surface area contributed by atoms with E-state index in [2.05, 4.69) is 10.0 Å². The average Bonchev–Trinajstić information content (AvgIpc) is 3.01. The number of hydrogen-bond donors (Lipinski definition) is 3. The first-order valence-electron chi connectivity index (χ1n) is 9.23. The molecule has 0 bridgehead atoms. The maximum atomic E-state index is 12.3. The molecule has 8 nitrogen and oxygen atoms in total. The molecule has 0 aromatic heterocycles. The smallest absolute Gasteiger partial charge is 0.240 e. The van der Waals surface area contributed by atoms with E-state index >= 15 is 0 Å². The highest BCUT2D eigenvalue weighted by Gasteiger charge is 2.38. The van der Waals surface area contributed by atoms with Gasteiger partial charge in [0, 0.05) is 32.6 Å². The van der Waals surface area contributed by atoms with Gasteiger partial charge in [0.05, 0.1) is 29.8 Å². The zero-order valence-electron chi connectivity index (χ0n) is 15.4. The van der Waals surface area contributed by atoms with Crippen LogP contribution in [-0.4, -0.2) is 74.9 Å². The number of carbonyl (C=O) groups excluding carboxylic acids is 1. The normalized spacial score (nSPS) is 27.0. The van der Waals surface area contributed by atoms with E-state index in [0.29, 0.717) is 19.7 Å². The van der Waals surface area contributed by atoms with Gasteiger partial charge in [0.1, 0.15) is 0 Å². The Morgan fingerprint density at radius 2 is 1.93 bits per heavy atom. The minimum absolute atomic E-state index is 0.0132. The van der Waals surface area contributed by atoms with Gasteiger partial charge in [-0.2, -0.15) is 0 Å². The molecule has 3 unspecified atom stereocenters. The van der Waals surface area contributed by atoms with E-state index in [-0.39, 0.29) is 29.4 Å². The van der Waals surface area contributed by atoms with Crippen molar-refractivity contribution >= 4 is 15.9 Å². The fraction of sp³-hybridized carbons (Fsp3) is 0.611. The van der Waals surface area contributed by atoms with Crippen molar-refractivity contribution in [1.29, 1.82) is 0 Å². The summed E-state index contributed by atoms with van der Waals surface area (Å²) in [5.41, 5.74) is 0. The summed E-state index contributed by atoms with van der Waals surface area (Å²) in [4.78, 5) is 13.4. The van der Waals surface area contributed by atoms with Crippen LogP contribution < -0.4 is 10.0 Å². The van der Waals surface area contributed by atoms with Gasteiger partial charge in [0.25, 0.3) is 0 Å². The lowest BCUT2D eigenvalue weighted by Crippen LogP contribution is -2.51. The Morgan fingerprint density at radius 3 is 2.56 bits per heavy atom. The SMILES string of the molecule is CC(=O)N1CCC(NC2COC(CNS(=O)(=O)c3ccccc3)C2O)CC1. The molecule has 0 spiro atoms. The number of benzene rings is 1. The molecule has 2 saturated heterocycles. The summed E-state index contributed by atoms with van der Waals surface area (Å²) in [5.74, 6) is 0.0865. The van der Waals surface area contributed by atoms with Crippen molar-refractivity contribution < 1.29 is 23.1 Å². The summed E-state index contributed by atoms with van der Waals surface area (Å²) in [5, 5.41) is 13.9. The van der Waals surface area contributed by atoms with E-state index < -0.39 is 22.2 Å². The highest BCUT2D eigenvalue weighted by atomic mass is 32.2. The predicted octanol–water partition coefficient (Wildman–Crippen LogP) is -0.306. The predicted molar refractivity (Wildman–Crippen MR) is 99.6 cm³/mol. The van der Waals surface area contributed by atoms with Crippen molar-refractivity contribution in [2.45, 2.75) is 49.0 Å². The van der Waals surface area contributed by atoms with Gasteiger partial charge in [-0.1, -0.05) is 18.2 Å². The molecule has 2 aliphatic rings. The third-order valence-corrected chi connectivity index (χ3v) is 6.64. The number of nitrogens with zero attached hydrogens (tertiary/aromatic N) is 1. The van der Waals surface area contributed by atoms with Crippen LogP contribution >= 0.6 is 0 Å². The van der Waals surface area contributed by atoms with Gasteiger partial charge in [-0.25, -0.2) is 13.1 Å². The Hall–Kier alpha value is -1.52. The largest absolute Gasteiger partial charge is 0.389 e. The van der Waals surface area contributed by atoms with Crippen molar-refractivity contribution in [2.24, 2.45) is 0 Å². The molecule has 1 aromatic carbocycles. The molecule has 1 aromatic rings. The van der Waals surface area contributed by atoms with E-state index in [1.165, 1.54) is 12.1 Å². The van der Waals surface area contributed by atoms with Gasteiger partial charge in [0.2, 0.25) is 15.9 Å². The van der Waals surface area contributed by atoms with Crippen molar-refractivity contribution in [2.75, 3.05) is 26.2 Å². The molecular formula is C18H27N3O5S. The second kappa shape index (κ2) is 8.66. The Morgan fingerprint density at radius 1 is 1.26 bits per heavy atom. The zero-order chi connectivity index (χ0) is 19.4. The third-order valence-electron chi connectivity index (χ3n) is 5.20. The number of likely N-dealkylation sites (tertiary alicyclic amines) is 1. The molecule has 150 valence electrons. The zero-order valence-corrected chi connectivity index (χ0v) is 16.2. The third kappa shape index (κ3) is 5.05. The summed E-state index contributed by atoms with van der Waals surface area (Å²) >= 11 is 0. The van der Waals surface area contributed by atoms with Gasteiger partial charge >= 0.3 is 0 Å². The number of aliphatic hydroxyl groups excluding tert-OH is 1. The summed E-state index contributed by atoms with van der Waals surface area (Å²) in [6.45, 7) is 3.32. The van der Waals surface area contributed by atoms with Crippen molar-refractivity contribution in [3.05, 3.63) is 30.3 Å². The average molecular weight is 397 g/mol.